The monoisotopic (exact) mass is 427 g/mol. The molecule has 0 saturated carbocycles. The maximum Gasteiger partial charge on any atom is 0.303 e. The zero-order valence-corrected chi connectivity index (χ0v) is 16.5. The number of hydrogen-bond acceptors (Lipinski definition) is 11. The van der Waals surface area contributed by atoms with Crippen molar-refractivity contribution in [3.05, 3.63) is 11.5 Å². The van der Waals surface area contributed by atoms with Gasteiger partial charge in [0.05, 0.1) is 6.33 Å². The van der Waals surface area contributed by atoms with Crippen molar-refractivity contribution < 1.29 is 33.3 Å². The van der Waals surface area contributed by atoms with Gasteiger partial charge in [0.2, 0.25) is 5.95 Å². The number of halogens is 1. The average molecular weight is 428 g/mol. The summed E-state index contributed by atoms with van der Waals surface area (Å²) >= 11 is 6.05. The van der Waals surface area contributed by atoms with Gasteiger partial charge in [0.15, 0.2) is 29.2 Å². The number of aromatic nitrogens is 4. The minimum absolute atomic E-state index is 0.0290. The molecule has 1 saturated heterocycles. The fourth-order valence-electron chi connectivity index (χ4n) is 3.00. The molecule has 13 heteroatoms. The minimum atomic E-state index is -1.08. The first-order valence-electron chi connectivity index (χ1n) is 8.46. The number of anilines is 1. The number of nitrogen functional groups attached to an aromatic ring is 1. The van der Waals surface area contributed by atoms with Gasteiger partial charge in [0.25, 0.3) is 0 Å². The average Bonchev–Trinajstić information content (AvgIpc) is 3.15. The quantitative estimate of drug-likeness (QED) is 0.399. The molecule has 12 nitrogen and oxygen atoms in total. The van der Waals surface area contributed by atoms with Crippen molar-refractivity contribution in [3.63, 3.8) is 0 Å². The van der Waals surface area contributed by atoms with E-state index in [4.69, 9.17) is 36.3 Å². The number of carbonyl (C=O) groups excluding carboxylic acids is 3. The Morgan fingerprint density at radius 1 is 1.14 bits per heavy atom. The lowest BCUT2D eigenvalue weighted by molar-refractivity contribution is -0.166. The summed E-state index contributed by atoms with van der Waals surface area (Å²) < 4.78 is 23.0. The summed E-state index contributed by atoms with van der Waals surface area (Å²) in [6, 6.07) is 0. The van der Waals surface area contributed by atoms with Crippen molar-refractivity contribution in [1.29, 1.82) is 0 Å². The molecule has 0 amide bonds. The first-order valence-corrected chi connectivity index (χ1v) is 8.84. The number of rotatable bonds is 5. The van der Waals surface area contributed by atoms with Crippen LogP contribution in [0.2, 0.25) is 5.15 Å². The molecule has 1 aliphatic heterocycles. The van der Waals surface area contributed by atoms with Crippen molar-refractivity contribution in [2.24, 2.45) is 0 Å². The number of hydrogen-bond donors (Lipinski definition) is 1. The Labute approximate surface area is 169 Å². The summed E-state index contributed by atoms with van der Waals surface area (Å²) in [6.07, 6.45) is -2.70. The lowest BCUT2D eigenvalue weighted by Gasteiger charge is -2.23. The van der Waals surface area contributed by atoms with E-state index in [2.05, 4.69) is 15.0 Å². The Kier molecular flexibility index (Phi) is 5.84. The van der Waals surface area contributed by atoms with Gasteiger partial charge in [-0.2, -0.15) is 9.97 Å². The molecule has 2 aromatic rings. The molecule has 0 aromatic carbocycles. The van der Waals surface area contributed by atoms with E-state index in [1.165, 1.54) is 31.7 Å². The lowest BCUT2D eigenvalue weighted by Crippen LogP contribution is -2.40. The third-order valence-electron chi connectivity index (χ3n) is 4.01. The third-order valence-corrected chi connectivity index (χ3v) is 4.27. The Balaban J connectivity index is 2.04. The SMILES string of the molecule is CC(=O)OCC1OC(n2cnc3c(Cl)nc(N)nc32)[C@@H](OC(C)=O)C1OC(C)=O. The highest BCUT2D eigenvalue weighted by atomic mass is 35.5. The number of ether oxygens (including phenoxy) is 4. The highest BCUT2D eigenvalue weighted by Gasteiger charge is 2.51. The molecule has 2 aromatic heterocycles. The normalized spacial score (nSPS) is 23.7. The van der Waals surface area contributed by atoms with Crippen LogP contribution in [-0.4, -0.2) is 62.3 Å². The lowest BCUT2D eigenvalue weighted by atomic mass is 10.1. The van der Waals surface area contributed by atoms with Crippen LogP contribution in [0.15, 0.2) is 6.33 Å². The molecule has 3 rings (SSSR count). The van der Waals surface area contributed by atoms with Crippen LogP contribution in [0.5, 0.6) is 0 Å². The molecule has 29 heavy (non-hydrogen) atoms. The van der Waals surface area contributed by atoms with E-state index in [1.54, 1.807) is 0 Å². The fraction of sp³-hybridized carbons (Fsp3) is 0.500. The highest BCUT2D eigenvalue weighted by Crippen LogP contribution is 2.36. The minimum Gasteiger partial charge on any atom is -0.463 e. The van der Waals surface area contributed by atoms with Crippen LogP contribution in [0, 0.1) is 0 Å². The predicted octanol–water partition coefficient (Wildman–Crippen LogP) is 0.386. The van der Waals surface area contributed by atoms with Crippen LogP contribution in [0.3, 0.4) is 0 Å². The Hall–Kier alpha value is -2.99. The van der Waals surface area contributed by atoms with Crippen molar-refractivity contribution in [2.45, 2.75) is 45.3 Å². The van der Waals surface area contributed by atoms with Gasteiger partial charge >= 0.3 is 17.9 Å². The zero-order chi connectivity index (χ0) is 21.3. The van der Waals surface area contributed by atoms with Crippen molar-refractivity contribution in [2.75, 3.05) is 12.3 Å². The van der Waals surface area contributed by atoms with E-state index in [9.17, 15) is 14.4 Å². The summed E-state index contributed by atoms with van der Waals surface area (Å²) in [6.45, 7) is 3.39. The maximum atomic E-state index is 11.7. The third kappa shape index (κ3) is 4.38. The van der Waals surface area contributed by atoms with E-state index in [0.29, 0.717) is 0 Å². The number of nitrogens with zero attached hydrogens (tertiary/aromatic N) is 4. The number of imidazole rings is 1. The molecule has 1 fully saturated rings. The van der Waals surface area contributed by atoms with Gasteiger partial charge < -0.3 is 24.7 Å². The second-order valence-corrected chi connectivity index (χ2v) is 6.57. The summed E-state index contributed by atoms with van der Waals surface area (Å²) in [4.78, 5) is 46.6. The van der Waals surface area contributed by atoms with Gasteiger partial charge in [-0.3, -0.25) is 19.0 Å². The Morgan fingerprint density at radius 2 is 1.79 bits per heavy atom. The number of esters is 3. The first-order chi connectivity index (χ1) is 13.7. The highest BCUT2D eigenvalue weighted by molar-refractivity contribution is 6.33. The van der Waals surface area contributed by atoms with Gasteiger partial charge in [-0.25, -0.2) is 4.98 Å². The molecule has 1 aliphatic rings. The number of carbonyl (C=O) groups is 3. The smallest absolute Gasteiger partial charge is 0.303 e. The molecule has 0 spiro atoms. The fourth-order valence-corrected chi connectivity index (χ4v) is 3.22. The van der Waals surface area contributed by atoms with E-state index in [-0.39, 0.29) is 28.9 Å². The van der Waals surface area contributed by atoms with E-state index in [0.717, 1.165) is 0 Å². The molecular formula is C16H18ClN5O7. The van der Waals surface area contributed by atoms with Crippen molar-refractivity contribution >= 4 is 46.6 Å². The summed E-state index contributed by atoms with van der Waals surface area (Å²) in [7, 11) is 0. The molecule has 3 unspecified atom stereocenters. The summed E-state index contributed by atoms with van der Waals surface area (Å²) in [5.74, 6) is -1.91. The molecule has 4 atom stereocenters. The summed E-state index contributed by atoms with van der Waals surface area (Å²) in [5.41, 5.74) is 6.14. The molecule has 0 aliphatic carbocycles. The Morgan fingerprint density at radius 3 is 2.41 bits per heavy atom. The largest absolute Gasteiger partial charge is 0.463 e. The standard InChI is InChI=1S/C16H18ClN5O7/c1-6(23)26-4-9-11(27-7(2)24)12(28-8(3)25)15(29-9)22-5-19-10-13(17)20-16(18)21-14(10)22/h5,9,11-12,15H,4H2,1-3H3,(H2,18,20,21)/t9?,11?,12-,15?/m0/s1. The Bertz CT molecular complexity index is 965. The van der Waals surface area contributed by atoms with Crippen molar-refractivity contribution in [1.82, 2.24) is 19.5 Å². The van der Waals surface area contributed by atoms with E-state index >= 15 is 0 Å². The molecular weight excluding hydrogens is 410 g/mol. The van der Waals surface area contributed by atoms with E-state index < -0.39 is 42.4 Å². The van der Waals surface area contributed by atoms with Gasteiger partial charge in [-0.05, 0) is 0 Å². The van der Waals surface area contributed by atoms with Crippen molar-refractivity contribution in [3.8, 4) is 0 Å². The van der Waals surface area contributed by atoms with Crippen LogP contribution >= 0.6 is 11.6 Å². The first kappa shape index (κ1) is 20.7. The van der Waals surface area contributed by atoms with Crippen LogP contribution < -0.4 is 5.73 Å². The number of nitrogens with two attached hydrogens (primary N) is 1. The molecule has 0 radical (unpaired) electrons. The van der Waals surface area contributed by atoms with Crippen LogP contribution in [0.4, 0.5) is 5.95 Å². The second-order valence-electron chi connectivity index (χ2n) is 6.21. The van der Waals surface area contributed by atoms with Gasteiger partial charge in [-0.1, -0.05) is 11.6 Å². The zero-order valence-electron chi connectivity index (χ0n) is 15.7. The van der Waals surface area contributed by atoms with Gasteiger partial charge in [0, 0.05) is 20.8 Å². The van der Waals surface area contributed by atoms with Crippen LogP contribution in [0.25, 0.3) is 11.2 Å². The van der Waals surface area contributed by atoms with Crippen LogP contribution in [0.1, 0.15) is 27.0 Å². The molecule has 3 heterocycles. The van der Waals surface area contributed by atoms with Gasteiger partial charge in [-0.15, -0.1) is 0 Å². The second kappa shape index (κ2) is 8.17. The molecule has 0 bridgehead atoms. The number of fused-ring (bicyclic) bond motifs is 1. The van der Waals surface area contributed by atoms with Gasteiger partial charge in [0.1, 0.15) is 18.2 Å². The topological polar surface area (TPSA) is 158 Å². The molecule has 156 valence electrons. The maximum absolute atomic E-state index is 11.7. The molecule has 2 N–H and O–H groups in total. The predicted molar refractivity (Wildman–Crippen MR) is 96.4 cm³/mol. The van der Waals surface area contributed by atoms with Crippen LogP contribution in [-0.2, 0) is 33.3 Å². The summed E-state index contributed by atoms with van der Waals surface area (Å²) in [5, 5.41) is 0.0290. The van der Waals surface area contributed by atoms with E-state index in [1.807, 2.05) is 0 Å².